The fourth-order valence-electron chi connectivity index (χ4n) is 1.50. The molecule has 0 aliphatic carbocycles. The molecule has 4 heteroatoms. The number of hydrogen-bond donors (Lipinski definition) is 1. The van der Waals surface area contributed by atoms with E-state index in [0.29, 0.717) is 0 Å². The average Bonchev–Trinajstić information content (AvgIpc) is 2.70. The summed E-state index contributed by atoms with van der Waals surface area (Å²) >= 11 is 5.43. The molecule has 1 unspecified atom stereocenters. The highest BCUT2D eigenvalue weighted by Crippen LogP contribution is 2.26. The van der Waals surface area contributed by atoms with Crippen molar-refractivity contribution in [2.75, 3.05) is 17.6 Å². The summed E-state index contributed by atoms with van der Waals surface area (Å²) in [5, 5.41) is 4.14. The van der Waals surface area contributed by atoms with E-state index in [0.717, 1.165) is 22.1 Å². The third kappa shape index (κ3) is 2.89. The maximum atomic E-state index is 4.27. The lowest BCUT2D eigenvalue weighted by Gasteiger charge is -2.10. The largest absolute Gasteiger partial charge is 0.369 e. The van der Waals surface area contributed by atoms with Crippen molar-refractivity contribution in [3.05, 3.63) is 22.8 Å². The minimum atomic E-state index is 0.778. The van der Waals surface area contributed by atoms with Gasteiger partial charge in [-0.25, -0.2) is 4.98 Å². The Hall–Kier alpha value is -0.220. The quantitative estimate of drug-likeness (QED) is 0.915. The fraction of sp³-hybridized carbons (Fsp3) is 0.500. The van der Waals surface area contributed by atoms with Crippen molar-refractivity contribution in [2.24, 2.45) is 0 Å². The molecule has 0 radical (unpaired) electrons. The molecule has 1 aliphatic rings. The standard InChI is InChI=1S/C10H13BrN2S/c11-8-3-4-10(12-6-8)13-7-9-2-1-5-14-9/h3-4,6,9H,1-2,5,7H2,(H,12,13). The first-order valence-corrected chi connectivity index (χ1v) is 6.66. The number of nitrogens with zero attached hydrogens (tertiary/aromatic N) is 1. The van der Waals surface area contributed by atoms with Crippen molar-refractivity contribution in [1.29, 1.82) is 0 Å². The molecule has 14 heavy (non-hydrogen) atoms. The van der Waals surface area contributed by atoms with Crippen LogP contribution in [0.25, 0.3) is 0 Å². The SMILES string of the molecule is Brc1ccc(NCC2CCCS2)nc1. The Morgan fingerprint density at radius 3 is 3.14 bits per heavy atom. The van der Waals surface area contributed by atoms with Crippen LogP contribution in [-0.2, 0) is 0 Å². The summed E-state index contributed by atoms with van der Waals surface area (Å²) in [6.45, 7) is 1.04. The van der Waals surface area contributed by atoms with Crippen LogP contribution < -0.4 is 5.32 Å². The molecule has 2 nitrogen and oxygen atoms in total. The third-order valence-electron chi connectivity index (χ3n) is 2.26. The second kappa shape index (κ2) is 5.03. The highest BCUT2D eigenvalue weighted by Gasteiger charge is 2.14. The minimum absolute atomic E-state index is 0.778. The average molecular weight is 273 g/mol. The van der Waals surface area contributed by atoms with Crippen LogP contribution in [0.2, 0.25) is 0 Å². The monoisotopic (exact) mass is 272 g/mol. The van der Waals surface area contributed by atoms with E-state index in [1.165, 1.54) is 18.6 Å². The molecule has 2 heterocycles. The number of hydrogen-bond acceptors (Lipinski definition) is 3. The predicted octanol–water partition coefficient (Wildman–Crippen LogP) is 3.15. The number of halogens is 1. The second-order valence-corrected chi connectivity index (χ2v) is 5.70. The topological polar surface area (TPSA) is 24.9 Å². The van der Waals surface area contributed by atoms with Crippen LogP contribution in [-0.4, -0.2) is 22.5 Å². The number of aromatic nitrogens is 1. The Labute approximate surface area is 97.0 Å². The van der Waals surface area contributed by atoms with Gasteiger partial charge in [0.15, 0.2) is 0 Å². The van der Waals surface area contributed by atoms with Crippen LogP contribution in [0.3, 0.4) is 0 Å². The molecule has 0 spiro atoms. The van der Waals surface area contributed by atoms with Crippen LogP contribution in [0.4, 0.5) is 5.82 Å². The van der Waals surface area contributed by atoms with Gasteiger partial charge in [0.1, 0.15) is 5.82 Å². The number of nitrogens with one attached hydrogen (secondary N) is 1. The number of anilines is 1. The fourth-order valence-corrected chi connectivity index (χ4v) is 2.94. The van der Waals surface area contributed by atoms with Crippen molar-refractivity contribution in [3.63, 3.8) is 0 Å². The van der Waals surface area contributed by atoms with Crippen molar-refractivity contribution in [2.45, 2.75) is 18.1 Å². The van der Waals surface area contributed by atoms with Crippen molar-refractivity contribution >= 4 is 33.5 Å². The lowest BCUT2D eigenvalue weighted by Crippen LogP contribution is -2.14. The van der Waals surface area contributed by atoms with Gasteiger partial charge in [-0.15, -0.1) is 0 Å². The van der Waals surface area contributed by atoms with Gasteiger partial charge in [-0.1, -0.05) is 0 Å². The second-order valence-electron chi connectivity index (χ2n) is 3.38. The summed E-state index contributed by atoms with van der Waals surface area (Å²) < 4.78 is 1.03. The summed E-state index contributed by atoms with van der Waals surface area (Å²) in [5.41, 5.74) is 0. The normalized spacial score (nSPS) is 21.1. The maximum absolute atomic E-state index is 4.27. The molecule has 0 amide bonds. The van der Waals surface area contributed by atoms with Crippen molar-refractivity contribution in [1.82, 2.24) is 4.98 Å². The van der Waals surface area contributed by atoms with Gasteiger partial charge in [0.05, 0.1) is 0 Å². The van der Waals surface area contributed by atoms with Gasteiger partial charge in [0.2, 0.25) is 0 Å². The zero-order valence-corrected chi connectivity index (χ0v) is 10.3. The number of pyridine rings is 1. The van der Waals surface area contributed by atoms with Crippen LogP contribution in [0, 0.1) is 0 Å². The zero-order chi connectivity index (χ0) is 9.80. The molecule has 1 N–H and O–H groups in total. The van der Waals surface area contributed by atoms with Gasteiger partial charge in [0.25, 0.3) is 0 Å². The van der Waals surface area contributed by atoms with Gasteiger partial charge in [0, 0.05) is 22.5 Å². The molecule has 2 rings (SSSR count). The van der Waals surface area contributed by atoms with Gasteiger partial charge in [-0.3, -0.25) is 0 Å². The molecular weight excluding hydrogens is 260 g/mol. The molecule has 0 saturated carbocycles. The summed E-state index contributed by atoms with van der Waals surface area (Å²) in [6.07, 6.45) is 4.53. The van der Waals surface area contributed by atoms with Gasteiger partial charge in [-0.05, 0) is 46.7 Å². The predicted molar refractivity (Wildman–Crippen MR) is 65.9 cm³/mol. The zero-order valence-electron chi connectivity index (χ0n) is 7.87. The van der Waals surface area contributed by atoms with E-state index >= 15 is 0 Å². The van der Waals surface area contributed by atoms with Crippen molar-refractivity contribution in [3.8, 4) is 0 Å². The van der Waals surface area contributed by atoms with E-state index < -0.39 is 0 Å². The molecule has 1 aliphatic heterocycles. The molecule has 1 saturated heterocycles. The highest BCUT2D eigenvalue weighted by molar-refractivity contribution is 9.10. The summed E-state index contributed by atoms with van der Waals surface area (Å²) in [4.78, 5) is 4.27. The molecule has 0 bridgehead atoms. The Morgan fingerprint density at radius 2 is 2.50 bits per heavy atom. The molecule has 1 atom stereocenters. The number of rotatable bonds is 3. The van der Waals surface area contributed by atoms with Crippen LogP contribution >= 0.6 is 27.7 Å². The van der Waals surface area contributed by atoms with E-state index in [2.05, 4.69) is 38.0 Å². The van der Waals surface area contributed by atoms with Gasteiger partial charge < -0.3 is 5.32 Å². The highest BCUT2D eigenvalue weighted by atomic mass is 79.9. The van der Waals surface area contributed by atoms with E-state index in [1.807, 2.05) is 18.3 Å². The lowest BCUT2D eigenvalue weighted by molar-refractivity contribution is 0.803. The minimum Gasteiger partial charge on any atom is -0.369 e. The van der Waals surface area contributed by atoms with Crippen LogP contribution in [0.5, 0.6) is 0 Å². The van der Waals surface area contributed by atoms with E-state index in [1.54, 1.807) is 0 Å². The smallest absolute Gasteiger partial charge is 0.125 e. The van der Waals surface area contributed by atoms with Gasteiger partial charge in [-0.2, -0.15) is 11.8 Å². The molecular formula is C10H13BrN2S. The lowest BCUT2D eigenvalue weighted by atomic mass is 10.2. The van der Waals surface area contributed by atoms with Gasteiger partial charge >= 0.3 is 0 Å². The Balaban J connectivity index is 1.82. The molecule has 76 valence electrons. The number of thioether (sulfide) groups is 1. The first-order valence-electron chi connectivity index (χ1n) is 4.81. The third-order valence-corrected chi connectivity index (χ3v) is 4.13. The van der Waals surface area contributed by atoms with E-state index in [-0.39, 0.29) is 0 Å². The first kappa shape index (κ1) is 10.3. The Bertz CT molecular complexity index is 283. The van der Waals surface area contributed by atoms with E-state index in [9.17, 15) is 0 Å². The Morgan fingerprint density at radius 1 is 1.57 bits per heavy atom. The summed E-state index contributed by atoms with van der Waals surface area (Å²) in [7, 11) is 0. The summed E-state index contributed by atoms with van der Waals surface area (Å²) in [6, 6.07) is 4.01. The van der Waals surface area contributed by atoms with Crippen LogP contribution in [0.15, 0.2) is 22.8 Å². The molecule has 1 aromatic heterocycles. The van der Waals surface area contributed by atoms with Crippen LogP contribution in [0.1, 0.15) is 12.8 Å². The Kier molecular flexibility index (Phi) is 3.70. The molecule has 1 fully saturated rings. The molecule has 0 aromatic carbocycles. The summed E-state index contributed by atoms with van der Waals surface area (Å²) in [5.74, 6) is 2.29. The first-order chi connectivity index (χ1) is 6.84. The molecule has 1 aromatic rings. The van der Waals surface area contributed by atoms with E-state index in [4.69, 9.17) is 0 Å². The maximum Gasteiger partial charge on any atom is 0.125 e. The van der Waals surface area contributed by atoms with Crippen molar-refractivity contribution < 1.29 is 0 Å².